The summed E-state index contributed by atoms with van der Waals surface area (Å²) >= 11 is 2.88. The minimum Gasteiger partial charge on any atom is -0.592 e. The number of nitrogens with zero attached hydrogens (tertiary/aromatic N) is 1. The van der Waals surface area contributed by atoms with Crippen LogP contribution in [0.25, 0.3) is 10.4 Å². The number of benzene rings is 1. The molecule has 8 heteroatoms. The number of hydrogen-bond acceptors (Lipinski definition) is 5. The van der Waals surface area contributed by atoms with Gasteiger partial charge in [0.1, 0.15) is 0 Å². The van der Waals surface area contributed by atoms with Gasteiger partial charge in [-0.05, 0) is 53.4 Å². The molecule has 0 bridgehead atoms. The van der Waals surface area contributed by atoms with Crippen LogP contribution in [0.2, 0.25) is 0 Å². The first kappa shape index (κ1) is 19.5. The molecule has 1 unspecified atom stereocenters. The summed E-state index contributed by atoms with van der Waals surface area (Å²) in [4.78, 5) is 15.7. The van der Waals surface area contributed by atoms with Crippen LogP contribution in [0.1, 0.15) is 23.2 Å². The van der Waals surface area contributed by atoms with Crippen molar-refractivity contribution in [3.63, 3.8) is 0 Å². The Balaban J connectivity index is 1.34. The summed E-state index contributed by atoms with van der Waals surface area (Å²) in [5, 5.41) is 3.78. The highest BCUT2D eigenvalue weighted by Crippen LogP contribution is 2.26. The Hall–Kier alpha value is -1.84. The van der Waals surface area contributed by atoms with Gasteiger partial charge in [0, 0.05) is 29.6 Å². The van der Waals surface area contributed by atoms with Crippen LogP contribution in [0.5, 0.6) is 0 Å². The molecule has 1 saturated heterocycles. The van der Waals surface area contributed by atoms with Crippen molar-refractivity contribution in [2.75, 3.05) is 13.1 Å². The van der Waals surface area contributed by atoms with E-state index in [9.17, 15) is 13.6 Å². The van der Waals surface area contributed by atoms with Gasteiger partial charge in [-0.1, -0.05) is 33.7 Å². The molecule has 146 valence electrons. The first-order chi connectivity index (χ1) is 13.5. The van der Waals surface area contributed by atoms with Gasteiger partial charge in [0.15, 0.2) is 10.4 Å². The van der Waals surface area contributed by atoms with E-state index in [0.29, 0.717) is 35.7 Å². The quantitative estimate of drug-likeness (QED) is 0.612. The zero-order chi connectivity index (χ0) is 19.6. The lowest BCUT2D eigenvalue weighted by Gasteiger charge is -2.32. The molecular formula is C20H20N2O3S3. The van der Waals surface area contributed by atoms with Crippen LogP contribution in [-0.4, -0.2) is 34.5 Å². The van der Waals surface area contributed by atoms with Crippen molar-refractivity contribution >= 4 is 39.0 Å². The Bertz CT molecular complexity index is 961. The van der Waals surface area contributed by atoms with E-state index in [2.05, 4.69) is 10.8 Å². The van der Waals surface area contributed by atoms with Crippen molar-refractivity contribution in [1.29, 1.82) is 0 Å². The average Bonchev–Trinajstić information content (AvgIpc) is 3.42. The van der Waals surface area contributed by atoms with Crippen molar-refractivity contribution < 1.29 is 13.6 Å². The normalized spacial score (nSPS) is 17.4. The molecule has 0 radical (unpaired) electrons. The third-order valence-electron chi connectivity index (χ3n) is 4.80. The lowest BCUT2D eigenvalue weighted by atomic mass is 10.0. The molecule has 3 aromatic rings. The van der Waals surface area contributed by atoms with E-state index in [1.54, 1.807) is 33.7 Å². The zero-order valence-corrected chi connectivity index (χ0v) is 17.5. The minimum absolute atomic E-state index is 0.00251. The summed E-state index contributed by atoms with van der Waals surface area (Å²) in [7, 11) is -3.47. The molecule has 4 rings (SSSR count). The van der Waals surface area contributed by atoms with E-state index in [1.165, 1.54) is 16.2 Å². The van der Waals surface area contributed by atoms with E-state index in [4.69, 9.17) is 0 Å². The van der Waals surface area contributed by atoms with Crippen molar-refractivity contribution in [2.24, 2.45) is 0 Å². The lowest BCUT2D eigenvalue weighted by molar-refractivity contribution is 0.0711. The second kappa shape index (κ2) is 8.26. The van der Waals surface area contributed by atoms with Gasteiger partial charge in [-0.25, -0.2) is 0 Å². The lowest BCUT2D eigenvalue weighted by Crippen LogP contribution is -2.48. The van der Waals surface area contributed by atoms with Gasteiger partial charge in [-0.15, -0.1) is 16.1 Å². The van der Waals surface area contributed by atoms with Gasteiger partial charge >= 0.3 is 0 Å². The van der Waals surface area contributed by atoms with Crippen molar-refractivity contribution in [1.82, 2.24) is 9.62 Å². The van der Waals surface area contributed by atoms with E-state index < -0.39 is 10.4 Å². The fraction of sp³-hybridized carbons (Fsp3) is 0.250. The Kier molecular flexibility index (Phi) is 5.75. The molecule has 5 nitrogen and oxygen atoms in total. The third kappa shape index (κ3) is 4.26. The maximum absolute atomic E-state index is 12.8. The molecule has 1 fully saturated rings. The van der Waals surface area contributed by atoms with Crippen LogP contribution in [0.3, 0.4) is 0 Å². The second-order valence-electron chi connectivity index (χ2n) is 6.67. The summed E-state index contributed by atoms with van der Waals surface area (Å²) in [5.41, 5.74) is 1.77. The van der Waals surface area contributed by atoms with Crippen LogP contribution in [0.15, 0.2) is 63.5 Å². The highest BCUT2D eigenvalue weighted by atomic mass is 32.3. The standard InChI is InChI=1S/C20H20N2O3S3/c23-20(16-7-5-15(6-8-16)18-3-1-13-26-18)22-11-9-17(10-12-22)21-28(24,25)19-4-2-14-27-19/h1-8,13-14,17H,9-12H2,(H-,21,24,25). The molecule has 3 heterocycles. The summed E-state index contributed by atoms with van der Waals surface area (Å²) in [6.45, 7) is 1.09. The fourth-order valence-corrected chi connectivity index (χ4v) is 6.34. The number of amides is 1. The van der Waals surface area contributed by atoms with Crippen LogP contribution in [0, 0.1) is 0 Å². The number of likely N-dealkylation sites (tertiary alicyclic amines) is 1. The maximum atomic E-state index is 12.8. The van der Waals surface area contributed by atoms with E-state index >= 15 is 0 Å². The molecular weight excluding hydrogens is 412 g/mol. The summed E-state index contributed by atoms with van der Waals surface area (Å²) in [5.74, 6) is -0.00251. The molecule has 2 aromatic heterocycles. The summed E-state index contributed by atoms with van der Waals surface area (Å²) < 4.78 is 27.8. The first-order valence-corrected chi connectivity index (χ1v) is 12.3. The van der Waals surface area contributed by atoms with Crippen molar-refractivity contribution in [2.45, 2.75) is 23.1 Å². The number of thiophene rings is 2. The van der Waals surface area contributed by atoms with Crippen molar-refractivity contribution in [3.05, 3.63) is 64.9 Å². The summed E-state index contributed by atoms with van der Waals surface area (Å²) in [6, 6.07) is 14.9. The zero-order valence-electron chi connectivity index (χ0n) is 15.1. The first-order valence-electron chi connectivity index (χ1n) is 9.02. The molecule has 1 atom stereocenters. The van der Waals surface area contributed by atoms with E-state index in [0.717, 1.165) is 5.56 Å². The van der Waals surface area contributed by atoms with Gasteiger partial charge in [0.25, 0.3) is 5.91 Å². The molecule has 1 aliphatic heterocycles. The molecule has 1 N–H and O–H groups in total. The van der Waals surface area contributed by atoms with Crippen molar-refractivity contribution in [3.8, 4) is 10.4 Å². The second-order valence-corrected chi connectivity index (χ2v) is 10.5. The third-order valence-corrected chi connectivity index (χ3v) is 8.64. The Morgan fingerprint density at radius 2 is 1.71 bits per heavy atom. The van der Waals surface area contributed by atoms with Crippen LogP contribution < -0.4 is 4.72 Å². The maximum Gasteiger partial charge on any atom is 0.253 e. The Labute approximate surface area is 173 Å². The number of piperidine rings is 1. The molecule has 1 aromatic carbocycles. The monoisotopic (exact) mass is 432 g/mol. The predicted octanol–water partition coefficient (Wildman–Crippen LogP) is 4.27. The summed E-state index contributed by atoms with van der Waals surface area (Å²) in [6.07, 6.45) is 1.23. The number of nitrogens with one attached hydrogen (secondary N) is 1. The number of sulfonamides is 1. The van der Waals surface area contributed by atoms with Gasteiger partial charge in [-0.3, -0.25) is 4.79 Å². The molecule has 1 amide bonds. The SMILES string of the molecule is O=C(c1ccc(-c2cccs2)cc1)N1CCC(N[S+](=O)([O-])c2cccs2)CC1. The number of carbonyl (C=O) groups excluding carboxylic acids is 1. The van der Waals surface area contributed by atoms with Gasteiger partial charge in [0.2, 0.25) is 4.21 Å². The predicted molar refractivity (Wildman–Crippen MR) is 113 cm³/mol. The Morgan fingerprint density at radius 1 is 1.04 bits per heavy atom. The van der Waals surface area contributed by atoms with Gasteiger partial charge in [0.05, 0.1) is 6.04 Å². The largest absolute Gasteiger partial charge is 0.592 e. The fourth-order valence-electron chi connectivity index (χ4n) is 3.30. The van der Waals surface area contributed by atoms with E-state index in [-0.39, 0.29) is 11.9 Å². The Morgan fingerprint density at radius 3 is 2.32 bits per heavy atom. The number of carbonyl (C=O) groups is 1. The van der Waals surface area contributed by atoms with Crippen LogP contribution >= 0.6 is 22.7 Å². The average molecular weight is 433 g/mol. The van der Waals surface area contributed by atoms with Crippen LogP contribution in [-0.2, 0) is 14.6 Å². The molecule has 0 saturated carbocycles. The van der Waals surface area contributed by atoms with E-state index in [1.807, 2.05) is 35.7 Å². The molecule has 0 spiro atoms. The number of rotatable bonds is 5. The molecule has 28 heavy (non-hydrogen) atoms. The van der Waals surface area contributed by atoms with Gasteiger partial charge < -0.3 is 9.45 Å². The smallest absolute Gasteiger partial charge is 0.253 e. The minimum atomic E-state index is -3.47. The molecule has 0 aliphatic carbocycles. The van der Waals surface area contributed by atoms with Gasteiger partial charge in [-0.2, -0.15) is 0 Å². The topological polar surface area (TPSA) is 72.5 Å². The highest BCUT2D eigenvalue weighted by Gasteiger charge is 2.30. The van der Waals surface area contributed by atoms with Crippen LogP contribution in [0.4, 0.5) is 0 Å². The number of hydrogen-bond donors (Lipinski definition) is 1. The molecule has 1 aliphatic rings. The highest BCUT2D eigenvalue weighted by molar-refractivity contribution is 7.97.